The minimum absolute atomic E-state index is 0.0914. The SMILES string of the molecule is Cc1c(Br)cc(Br)c(O)c1O. The Hall–Kier alpha value is -0.220. The maximum atomic E-state index is 9.26. The molecule has 0 bridgehead atoms. The Morgan fingerprint density at radius 2 is 1.64 bits per heavy atom. The van der Waals surface area contributed by atoms with Gasteiger partial charge in [-0.15, -0.1) is 0 Å². The third-order valence-corrected chi connectivity index (χ3v) is 2.85. The van der Waals surface area contributed by atoms with E-state index in [1.807, 2.05) is 0 Å². The molecule has 0 spiro atoms. The minimum Gasteiger partial charge on any atom is -0.504 e. The second-order valence-electron chi connectivity index (χ2n) is 2.16. The van der Waals surface area contributed by atoms with Crippen LogP contribution in [0.15, 0.2) is 15.0 Å². The molecule has 1 aromatic carbocycles. The van der Waals surface area contributed by atoms with Crippen LogP contribution >= 0.6 is 31.9 Å². The monoisotopic (exact) mass is 280 g/mol. The summed E-state index contributed by atoms with van der Waals surface area (Å²) in [5.41, 5.74) is 0.630. The number of phenolic OH excluding ortho intramolecular Hbond substituents is 2. The van der Waals surface area contributed by atoms with Gasteiger partial charge in [-0.1, -0.05) is 15.9 Å². The highest BCUT2D eigenvalue weighted by Gasteiger charge is 2.10. The van der Waals surface area contributed by atoms with Crippen LogP contribution in [0.25, 0.3) is 0 Å². The molecule has 2 N–H and O–H groups in total. The van der Waals surface area contributed by atoms with Crippen molar-refractivity contribution in [3.63, 3.8) is 0 Å². The molecule has 2 nitrogen and oxygen atoms in total. The molecule has 0 aromatic heterocycles. The van der Waals surface area contributed by atoms with E-state index in [9.17, 15) is 10.2 Å². The van der Waals surface area contributed by atoms with Gasteiger partial charge in [0.1, 0.15) is 0 Å². The Labute approximate surface area is 81.1 Å². The standard InChI is InChI=1S/C7H6Br2O2/c1-3-4(8)2-5(9)7(11)6(3)10/h2,10-11H,1H3. The third-order valence-electron chi connectivity index (χ3n) is 1.42. The van der Waals surface area contributed by atoms with Gasteiger partial charge in [0.15, 0.2) is 11.5 Å². The highest BCUT2D eigenvalue weighted by Crippen LogP contribution is 2.39. The van der Waals surface area contributed by atoms with Gasteiger partial charge in [0.05, 0.1) is 4.47 Å². The average Bonchev–Trinajstić information content (AvgIpc) is 1.97. The molecule has 0 heterocycles. The molecular formula is C7H6Br2O2. The third kappa shape index (κ3) is 1.51. The predicted octanol–water partition coefficient (Wildman–Crippen LogP) is 2.93. The molecule has 0 fully saturated rings. The Kier molecular flexibility index (Phi) is 2.44. The van der Waals surface area contributed by atoms with E-state index in [0.29, 0.717) is 10.0 Å². The van der Waals surface area contributed by atoms with Crippen molar-refractivity contribution in [3.8, 4) is 11.5 Å². The summed E-state index contributed by atoms with van der Waals surface area (Å²) in [6.45, 7) is 1.71. The molecule has 0 aliphatic carbocycles. The quantitative estimate of drug-likeness (QED) is 0.718. The smallest absolute Gasteiger partial charge is 0.172 e. The van der Waals surface area contributed by atoms with Crippen LogP contribution in [0.4, 0.5) is 0 Å². The average molecular weight is 282 g/mol. The Morgan fingerprint density at radius 3 is 2.18 bits per heavy atom. The van der Waals surface area contributed by atoms with E-state index in [4.69, 9.17) is 0 Å². The molecule has 0 saturated carbocycles. The lowest BCUT2D eigenvalue weighted by molar-refractivity contribution is 0.398. The van der Waals surface area contributed by atoms with Crippen LogP contribution in [0.1, 0.15) is 5.56 Å². The lowest BCUT2D eigenvalue weighted by Crippen LogP contribution is -1.79. The van der Waals surface area contributed by atoms with Gasteiger partial charge >= 0.3 is 0 Å². The van der Waals surface area contributed by atoms with Gasteiger partial charge in [0, 0.05) is 10.0 Å². The molecule has 1 aromatic rings. The first-order valence-corrected chi connectivity index (χ1v) is 4.49. The molecule has 60 valence electrons. The van der Waals surface area contributed by atoms with E-state index in [1.54, 1.807) is 13.0 Å². The van der Waals surface area contributed by atoms with Crippen molar-refractivity contribution in [1.82, 2.24) is 0 Å². The first kappa shape index (κ1) is 8.87. The molecular weight excluding hydrogens is 276 g/mol. The van der Waals surface area contributed by atoms with Gasteiger partial charge in [0.25, 0.3) is 0 Å². The maximum Gasteiger partial charge on any atom is 0.172 e. The van der Waals surface area contributed by atoms with Crippen LogP contribution in [-0.4, -0.2) is 10.2 Å². The summed E-state index contributed by atoms with van der Waals surface area (Å²) in [4.78, 5) is 0. The molecule has 0 amide bonds. The van der Waals surface area contributed by atoms with Crippen molar-refractivity contribution in [1.29, 1.82) is 0 Å². The van der Waals surface area contributed by atoms with Gasteiger partial charge in [-0.05, 0) is 28.9 Å². The molecule has 0 atom stereocenters. The van der Waals surface area contributed by atoms with E-state index < -0.39 is 0 Å². The number of benzene rings is 1. The van der Waals surface area contributed by atoms with Gasteiger partial charge < -0.3 is 10.2 Å². The van der Waals surface area contributed by atoms with Gasteiger partial charge in [0.2, 0.25) is 0 Å². The summed E-state index contributed by atoms with van der Waals surface area (Å²) in [6, 6.07) is 1.68. The van der Waals surface area contributed by atoms with Crippen LogP contribution in [0.3, 0.4) is 0 Å². The van der Waals surface area contributed by atoms with E-state index in [2.05, 4.69) is 31.9 Å². The van der Waals surface area contributed by atoms with Crippen LogP contribution in [-0.2, 0) is 0 Å². The predicted molar refractivity (Wildman–Crippen MR) is 49.9 cm³/mol. The lowest BCUT2D eigenvalue weighted by Gasteiger charge is -2.05. The summed E-state index contributed by atoms with van der Waals surface area (Å²) in [5.74, 6) is -0.211. The second-order valence-corrected chi connectivity index (χ2v) is 3.87. The van der Waals surface area contributed by atoms with E-state index in [0.717, 1.165) is 4.47 Å². The fraction of sp³-hybridized carbons (Fsp3) is 0.143. The zero-order valence-electron chi connectivity index (χ0n) is 5.73. The molecule has 0 unspecified atom stereocenters. The number of hydrogen-bond acceptors (Lipinski definition) is 2. The summed E-state index contributed by atoms with van der Waals surface area (Å²) in [6.07, 6.45) is 0. The number of hydrogen-bond donors (Lipinski definition) is 2. The Morgan fingerprint density at radius 1 is 1.09 bits per heavy atom. The largest absolute Gasteiger partial charge is 0.504 e. The van der Waals surface area contributed by atoms with Crippen molar-refractivity contribution in [3.05, 3.63) is 20.6 Å². The van der Waals surface area contributed by atoms with E-state index in [-0.39, 0.29) is 11.5 Å². The number of phenols is 2. The summed E-state index contributed by atoms with van der Waals surface area (Å²) < 4.78 is 1.24. The molecule has 0 saturated heterocycles. The molecule has 11 heavy (non-hydrogen) atoms. The first-order chi connectivity index (χ1) is 5.04. The van der Waals surface area contributed by atoms with Crippen LogP contribution in [0.5, 0.6) is 11.5 Å². The van der Waals surface area contributed by atoms with Crippen LogP contribution in [0, 0.1) is 6.92 Å². The van der Waals surface area contributed by atoms with E-state index in [1.165, 1.54) is 0 Å². The first-order valence-electron chi connectivity index (χ1n) is 2.90. The number of aromatic hydroxyl groups is 2. The van der Waals surface area contributed by atoms with E-state index >= 15 is 0 Å². The van der Waals surface area contributed by atoms with Gasteiger partial charge in [-0.3, -0.25) is 0 Å². The van der Waals surface area contributed by atoms with Crippen molar-refractivity contribution in [2.45, 2.75) is 6.92 Å². The fourth-order valence-corrected chi connectivity index (χ4v) is 1.83. The van der Waals surface area contributed by atoms with Crippen LogP contribution < -0.4 is 0 Å². The fourth-order valence-electron chi connectivity index (χ4n) is 0.692. The molecule has 0 aliphatic rings. The normalized spacial score (nSPS) is 10.1. The lowest BCUT2D eigenvalue weighted by atomic mass is 10.2. The zero-order chi connectivity index (χ0) is 8.59. The van der Waals surface area contributed by atoms with Gasteiger partial charge in [-0.2, -0.15) is 0 Å². The maximum absolute atomic E-state index is 9.26. The molecule has 4 heteroatoms. The van der Waals surface area contributed by atoms with Crippen molar-refractivity contribution in [2.75, 3.05) is 0 Å². The van der Waals surface area contributed by atoms with Crippen molar-refractivity contribution >= 4 is 31.9 Å². The minimum atomic E-state index is -0.120. The molecule has 1 rings (SSSR count). The second kappa shape index (κ2) is 3.03. The summed E-state index contributed by atoms with van der Waals surface area (Å²) >= 11 is 6.32. The summed E-state index contributed by atoms with van der Waals surface area (Å²) in [7, 11) is 0. The molecule has 0 aliphatic heterocycles. The van der Waals surface area contributed by atoms with Gasteiger partial charge in [-0.25, -0.2) is 0 Å². The number of halogens is 2. The van der Waals surface area contributed by atoms with Crippen LogP contribution in [0.2, 0.25) is 0 Å². The topological polar surface area (TPSA) is 40.5 Å². The highest BCUT2D eigenvalue weighted by atomic mass is 79.9. The Balaban J connectivity index is 3.46. The zero-order valence-corrected chi connectivity index (χ0v) is 8.90. The summed E-state index contributed by atoms with van der Waals surface area (Å²) in [5, 5.41) is 18.5. The number of rotatable bonds is 0. The molecule has 0 radical (unpaired) electrons. The van der Waals surface area contributed by atoms with Crippen molar-refractivity contribution < 1.29 is 10.2 Å². The van der Waals surface area contributed by atoms with Crippen molar-refractivity contribution in [2.24, 2.45) is 0 Å². The highest BCUT2D eigenvalue weighted by molar-refractivity contribution is 9.11. The Bertz CT molecular complexity index is 271.